The third-order valence-electron chi connectivity index (χ3n) is 8.35. The Labute approximate surface area is 235 Å². The number of amides is 3. The molecule has 2 aliphatic rings. The number of aryl methyl sites for hydroxylation is 2. The van der Waals surface area contributed by atoms with Crippen LogP contribution >= 0.6 is 0 Å². The highest BCUT2D eigenvalue weighted by Crippen LogP contribution is 2.26. The molecule has 3 amide bonds. The molecule has 1 aliphatic carbocycles. The molecule has 1 heterocycles. The van der Waals surface area contributed by atoms with Gasteiger partial charge in [0.2, 0.25) is 11.8 Å². The number of likely N-dealkylation sites (N-methyl/N-ethyl adjacent to an activating group) is 1. The van der Waals surface area contributed by atoms with Crippen LogP contribution in [0.4, 0.5) is 5.69 Å². The minimum Gasteiger partial charge on any atom is -0.343 e. The summed E-state index contributed by atoms with van der Waals surface area (Å²) in [4.78, 5) is 44.2. The molecule has 1 aromatic rings. The van der Waals surface area contributed by atoms with Crippen molar-refractivity contribution in [3.63, 3.8) is 0 Å². The van der Waals surface area contributed by atoms with Gasteiger partial charge in [-0.1, -0.05) is 46.3 Å². The molecule has 3 atom stereocenters. The Morgan fingerprint density at radius 1 is 0.974 bits per heavy atom. The van der Waals surface area contributed by atoms with Crippen molar-refractivity contribution in [3.8, 4) is 0 Å². The van der Waals surface area contributed by atoms with Crippen LogP contribution in [-0.4, -0.2) is 65.3 Å². The molecule has 1 saturated heterocycles. The molecule has 0 bridgehead atoms. The molecule has 216 valence electrons. The van der Waals surface area contributed by atoms with Gasteiger partial charge in [-0.25, -0.2) is 0 Å². The molecule has 7 heteroatoms. The number of nitrogens with zero attached hydrogens (tertiary/aromatic N) is 2. The second-order valence-corrected chi connectivity index (χ2v) is 12.4. The summed E-state index contributed by atoms with van der Waals surface area (Å²) in [6, 6.07) is 5.30. The maximum atomic E-state index is 13.8. The van der Waals surface area contributed by atoms with Gasteiger partial charge in [0.05, 0.1) is 12.1 Å². The minimum atomic E-state index is -0.631. The largest absolute Gasteiger partial charge is 0.343 e. The topological polar surface area (TPSA) is 81.8 Å². The molecule has 1 unspecified atom stereocenters. The van der Waals surface area contributed by atoms with Gasteiger partial charge in [-0.2, -0.15) is 0 Å². The highest BCUT2D eigenvalue weighted by molar-refractivity contribution is 6.03. The van der Waals surface area contributed by atoms with Gasteiger partial charge >= 0.3 is 0 Å². The van der Waals surface area contributed by atoms with Crippen LogP contribution in [0.1, 0.15) is 85.3 Å². The highest BCUT2D eigenvalue weighted by Gasteiger charge is 2.36. The van der Waals surface area contributed by atoms with Crippen LogP contribution < -0.4 is 10.6 Å². The van der Waals surface area contributed by atoms with E-state index in [4.69, 9.17) is 0 Å². The van der Waals surface area contributed by atoms with E-state index < -0.39 is 6.04 Å². The SMILES string of the molecule is CC(=CC(C(C)C)N(C)C(=O)[C@@H](NC(=O)[C@H]1CCCCN1C(C)C)C(C)C)C(=O)Nc1ccc2c(c1)CCC2. The molecule has 2 N–H and O–H groups in total. The van der Waals surface area contributed by atoms with Crippen molar-refractivity contribution in [3.05, 3.63) is 41.0 Å². The van der Waals surface area contributed by atoms with E-state index in [1.807, 2.05) is 39.8 Å². The number of hydrogen-bond acceptors (Lipinski definition) is 4. The van der Waals surface area contributed by atoms with Crippen LogP contribution in [0.5, 0.6) is 0 Å². The maximum Gasteiger partial charge on any atom is 0.251 e. The third kappa shape index (κ3) is 7.71. The van der Waals surface area contributed by atoms with Crippen LogP contribution in [0, 0.1) is 11.8 Å². The summed E-state index contributed by atoms with van der Waals surface area (Å²) in [5.41, 5.74) is 4.05. The summed E-state index contributed by atoms with van der Waals surface area (Å²) >= 11 is 0. The average molecular weight is 539 g/mol. The number of benzene rings is 1. The van der Waals surface area contributed by atoms with Gasteiger partial charge < -0.3 is 15.5 Å². The van der Waals surface area contributed by atoms with E-state index in [2.05, 4.69) is 41.5 Å². The lowest BCUT2D eigenvalue weighted by atomic mass is 9.95. The molecule has 1 aromatic carbocycles. The zero-order valence-electron chi connectivity index (χ0n) is 25.3. The Hall–Kier alpha value is -2.67. The number of carbonyl (C=O) groups is 3. The van der Waals surface area contributed by atoms with Gasteiger partial charge in [-0.15, -0.1) is 0 Å². The zero-order valence-corrected chi connectivity index (χ0v) is 25.3. The normalized spacial score (nSPS) is 19.7. The van der Waals surface area contributed by atoms with Gasteiger partial charge in [0, 0.05) is 24.4 Å². The number of likely N-dealkylation sites (tertiary alicyclic amines) is 1. The number of piperidine rings is 1. The second kappa shape index (κ2) is 13.6. The summed E-state index contributed by atoms with van der Waals surface area (Å²) in [5, 5.41) is 6.13. The van der Waals surface area contributed by atoms with Crippen molar-refractivity contribution in [2.24, 2.45) is 11.8 Å². The Morgan fingerprint density at radius 2 is 1.67 bits per heavy atom. The van der Waals surface area contributed by atoms with E-state index in [-0.39, 0.29) is 47.7 Å². The second-order valence-electron chi connectivity index (χ2n) is 12.4. The minimum absolute atomic E-state index is 0.0645. The van der Waals surface area contributed by atoms with E-state index >= 15 is 0 Å². The molecule has 39 heavy (non-hydrogen) atoms. The molecular weight excluding hydrogens is 488 g/mol. The number of rotatable bonds is 10. The average Bonchev–Trinajstić information content (AvgIpc) is 3.36. The molecule has 0 spiro atoms. The first-order chi connectivity index (χ1) is 18.4. The van der Waals surface area contributed by atoms with Gasteiger partial charge in [0.15, 0.2) is 0 Å². The van der Waals surface area contributed by atoms with Crippen molar-refractivity contribution in [1.29, 1.82) is 0 Å². The van der Waals surface area contributed by atoms with Crippen LogP contribution in [-0.2, 0) is 27.2 Å². The third-order valence-corrected chi connectivity index (χ3v) is 8.35. The van der Waals surface area contributed by atoms with E-state index in [1.54, 1.807) is 18.9 Å². The van der Waals surface area contributed by atoms with Crippen molar-refractivity contribution >= 4 is 23.4 Å². The number of nitrogens with one attached hydrogen (secondary N) is 2. The van der Waals surface area contributed by atoms with Gasteiger partial charge in [-0.05, 0) is 94.5 Å². The first-order valence-corrected chi connectivity index (χ1v) is 14.8. The Morgan fingerprint density at radius 3 is 2.31 bits per heavy atom. The predicted octanol–water partition coefficient (Wildman–Crippen LogP) is 4.95. The lowest BCUT2D eigenvalue weighted by molar-refractivity contribution is -0.140. The standard InChI is InChI=1S/C32H50N4O3/c1-20(2)28(18-23(7)30(37)33-26-16-15-24-12-11-13-25(24)19-26)35(8)32(39)29(21(3)4)34-31(38)27-14-9-10-17-36(27)22(5)6/h15-16,18-22,27-29H,9-14,17H2,1-8H3,(H,33,37)(H,34,38)/t27-,28?,29+/m1/s1. The van der Waals surface area contributed by atoms with Crippen molar-refractivity contribution in [2.45, 2.75) is 111 Å². The van der Waals surface area contributed by atoms with Crippen molar-refractivity contribution < 1.29 is 14.4 Å². The Kier molecular flexibility index (Phi) is 10.8. The monoisotopic (exact) mass is 538 g/mol. The van der Waals surface area contributed by atoms with Crippen LogP contribution in [0.2, 0.25) is 0 Å². The smallest absolute Gasteiger partial charge is 0.251 e. The van der Waals surface area contributed by atoms with E-state index in [0.717, 1.165) is 50.8 Å². The fourth-order valence-corrected chi connectivity index (χ4v) is 5.95. The molecule has 7 nitrogen and oxygen atoms in total. The predicted molar refractivity (Wildman–Crippen MR) is 158 cm³/mol. The summed E-state index contributed by atoms with van der Waals surface area (Å²) in [6.45, 7) is 15.0. The molecule has 3 rings (SSSR count). The summed E-state index contributed by atoms with van der Waals surface area (Å²) in [6.07, 6.45) is 8.14. The van der Waals surface area contributed by atoms with Crippen LogP contribution in [0.15, 0.2) is 29.8 Å². The van der Waals surface area contributed by atoms with Gasteiger partial charge in [0.25, 0.3) is 5.91 Å². The molecule has 0 radical (unpaired) electrons. The maximum absolute atomic E-state index is 13.8. The molecule has 0 saturated carbocycles. The zero-order chi connectivity index (χ0) is 28.9. The summed E-state index contributed by atoms with van der Waals surface area (Å²) in [5.74, 6) is -0.349. The first kappa shape index (κ1) is 30.9. The van der Waals surface area contributed by atoms with Gasteiger partial charge in [-0.3, -0.25) is 19.3 Å². The number of fused-ring (bicyclic) bond motifs is 1. The summed E-state index contributed by atoms with van der Waals surface area (Å²) < 4.78 is 0. The van der Waals surface area contributed by atoms with E-state index in [1.165, 1.54) is 11.1 Å². The number of anilines is 1. The van der Waals surface area contributed by atoms with Gasteiger partial charge in [0.1, 0.15) is 6.04 Å². The van der Waals surface area contributed by atoms with E-state index in [9.17, 15) is 14.4 Å². The van der Waals surface area contributed by atoms with Crippen molar-refractivity contribution in [1.82, 2.24) is 15.1 Å². The number of hydrogen-bond donors (Lipinski definition) is 2. The van der Waals surface area contributed by atoms with Crippen LogP contribution in [0.3, 0.4) is 0 Å². The molecular formula is C32H50N4O3. The highest BCUT2D eigenvalue weighted by atomic mass is 16.2. The molecule has 0 aromatic heterocycles. The molecule has 1 fully saturated rings. The van der Waals surface area contributed by atoms with Crippen molar-refractivity contribution in [2.75, 3.05) is 18.9 Å². The Balaban J connectivity index is 1.72. The number of carbonyl (C=O) groups excluding carboxylic acids is 3. The quantitative estimate of drug-likeness (QED) is 0.413. The fourth-order valence-electron chi connectivity index (χ4n) is 5.95. The molecule has 1 aliphatic heterocycles. The lowest BCUT2D eigenvalue weighted by Gasteiger charge is -2.39. The van der Waals surface area contributed by atoms with E-state index in [0.29, 0.717) is 5.57 Å². The lowest BCUT2D eigenvalue weighted by Crippen LogP contribution is -2.58. The fraction of sp³-hybridized carbons (Fsp3) is 0.656. The summed E-state index contributed by atoms with van der Waals surface area (Å²) in [7, 11) is 1.78. The van der Waals surface area contributed by atoms with Crippen LogP contribution in [0.25, 0.3) is 0 Å². The first-order valence-electron chi connectivity index (χ1n) is 14.8. The Bertz CT molecular complexity index is 1060.